The monoisotopic (exact) mass is 474 g/mol. The van der Waals surface area contributed by atoms with Crippen molar-refractivity contribution in [1.29, 1.82) is 0 Å². The zero-order valence-corrected chi connectivity index (χ0v) is 21.4. The zero-order chi connectivity index (χ0) is 25.0. The van der Waals surface area contributed by atoms with Crippen molar-refractivity contribution in [3.8, 4) is 16.9 Å². The molecule has 5 aromatic rings. The van der Waals surface area contributed by atoms with Crippen LogP contribution in [0.15, 0.2) is 103 Å². The van der Waals surface area contributed by atoms with E-state index in [4.69, 9.17) is 9.72 Å². The van der Waals surface area contributed by atoms with Gasteiger partial charge in [-0.05, 0) is 58.4 Å². The van der Waals surface area contributed by atoms with Gasteiger partial charge in [-0.25, -0.2) is 4.98 Å². The van der Waals surface area contributed by atoms with Crippen LogP contribution in [-0.4, -0.2) is 16.2 Å². The first-order chi connectivity index (χ1) is 17.5. The fourth-order valence-electron chi connectivity index (χ4n) is 4.60. The number of hydrogen-bond acceptors (Lipinski definition) is 2. The Morgan fingerprint density at radius 3 is 2.11 bits per heavy atom. The van der Waals surface area contributed by atoms with Gasteiger partial charge in [-0.15, -0.1) is 0 Å². The van der Waals surface area contributed by atoms with Crippen LogP contribution in [0, 0.1) is 0 Å². The minimum atomic E-state index is 0.152. The van der Waals surface area contributed by atoms with Crippen LogP contribution in [0.25, 0.3) is 22.2 Å². The SMILES string of the molecule is CC(C)(C)c1ccc(OCCCn2c(Cc3ccc(-c4ccccc4)cc3)nc3ccccc32)cc1. The van der Waals surface area contributed by atoms with E-state index in [-0.39, 0.29) is 5.41 Å². The van der Waals surface area contributed by atoms with E-state index >= 15 is 0 Å². The summed E-state index contributed by atoms with van der Waals surface area (Å²) in [5.41, 5.74) is 7.45. The van der Waals surface area contributed by atoms with Gasteiger partial charge in [0.15, 0.2) is 0 Å². The molecule has 36 heavy (non-hydrogen) atoms. The van der Waals surface area contributed by atoms with Crippen molar-refractivity contribution >= 4 is 11.0 Å². The standard InChI is InChI=1S/C33H34N2O/c1-33(2,3)28-18-20-29(21-19-28)36-23-9-22-35-31-13-8-7-12-30(31)34-32(35)24-25-14-16-27(17-15-25)26-10-5-4-6-11-26/h4-8,10-21H,9,22-24H2,1-3H3. The molecule has 5 rings (SSSR count). The molecule has 0 unspecified atom stereocenters. The minimum absolute atomic E-state index is 0.152. The van der Waals surface area contributed by atoms with E-state index in [1.807, 2.05) is 0 Å². The van der Waals surface area contributed by atoms with Crippen molar-refractivity contribution in [2.24, 2.45) is 0 Å². The highest BCUT2D eigenvalue weighted by molar-refractivity contribution is 5.76. The Bertz CT molecular complexity index is 1410. The summed E-state index contributed by atoms with van der Waals surface area (Å²) >= 11 is 0. The molecule has 3 nitrogen and oxygen atoms in total. The third kappa shape index (κ3) is 5.52. The molecule has 0 saturated heterocycles. The predicted molar refractivity (Wildman–Crippen MR) is 150 cm³/mol. The van der Waals surface area contributed by atoms with Gasteiger partial charge >= 0.3 is 0 Å². The summed E-state index contributed by atoms with van der Waals surface area (Å²) in [5.74, 6) is 2.02. The van der Waals surface area contributed by atoms with Gasteiger partial charge in [0.05, 0.1) is 17.6 Å². The first-order valence-electron chi connectivity index (χ1n) is 12.8. The van der Waals surface area contributed by atoms with Gasteiger partial charge in [0, 0.05) is 13.0 Å². The Morgan fingerprint density at radius 1 is 0.722 bits per heavy atom. The highest BCUT2D eigenvalue weighted by Gasteiger charge is 2.14. The highest BCUT2D eigenvalue weighted by Crippen LogP contribution is 2.25. The summed E-state index contributed by atoms with van der Waals surface area (Å²) in [6, 6.07) is 36.3. The molecule has 0 aliphatic carbocycles. The van der Waals surface area contributed by atoms with Gasteiger partial charge in [-0.1, -0.05) is 99.6 Å². The van der Waals surface area contributed by atoms with Crippen molar-refractivity contribution in [3.63, 3.8) is 0 Å². The molecule has 0 amide bonds. The molecule has 0 radical (unpaired) electrons. The van der Waals surface area contributed by atoms with E-state index in [2.05, 4.69) is 128 Å². The summed E-state index contributed by atoms with van der Waals surface area (Å²) in [5, 5.41) is 0. The molecule has 0 atom stereocenters. The zero-order valence-electron chi connectivity index (χ0n) is 21.4. The lowest BCUT2D eigenvalue weighted by Crippen LogP contribution is -2.11. The third-order valence-electron chi connectivity index (χ3n) is 6.67. The van der Waals surface area contributed by atoms with Crippen LogP contribution in [0.4, 0.5) is 0 Å². The van der Waals surface area contributed by atoms with Crippen LogP contribution in [0.2, 0.25) is 0 Å². The largest absolute Gasteiger partial charge is 0.494 e. The Kier molecular flexibility index (Phi) is 6.90. The normalized spacial score (nSPS) is 11.6. The molecule has 0 aliphatic rings. The number of imidazole rings is 1. The predicted octanol–water partition coefficient (Wildman–Crippen LogP) is 8.06. The van der Waals surface area contributed by atoms with Crippen LogP contribution in [0.5, 0.6) is 5.75 Å². The van der Waals surface area contributed by atoms with E-state index in [1.165, 1.54) is 27.8 Å². The van der Waals surface area contributed by atoms with Gasteiger partial charge in [-0.2, -0.15) is 0 Å². The van der Waals surface area contributed by atoms with E-state index in [1.54, 1.807) is 0 Å². The van der Waals surface area contributed by atoms with Crippen LogP contribution in [0.3, 0.4) is 0 Å². The maximum atomic E-state index is 6.06. The number of hydrogen-bond donors (Lipinski definition) is 0. The van der Waals surface area contributed by atoms with E-state index < -0.39 is 0 Å². The third-order valence-corrected chi connectivity index (χ3v) is 6.67. The molecule has 3 heteroatoms. The highest BCUT2D eigenvalue weighted by atomic mass is 16.5. The van der Waals surface area contributed by atoms with Gasteiger partial charge in [0.25, 0.3) is 0 Å². The molecule has 0 bridgehead atoms. The lowest BCUT2D eigenvalue weighted by atomic mass is 9.87. The number of aryl methyl sites for hydroxylation is 1. The summed E-state index contributed by atoms with van der Waals surface area (Å²) in [6.07, 6.45) is 1.72. The van der Waals surface area contributed by atoms with Gasteiger partial charge in [0.2, 0.25) is 0 Å². The van der Waals surface area contributed by atoms with E-state index in [9.17, 15) is 0 Å². The van der Waals surface area contributed by atoms with Gasteiger partial charge in [-0.3, -0.25) is 0 Å². The minimum Gasteiger partial charge on any atom is -0.494 e. The number of fused-ring (bicyclic) bond motifs is 1. The molecule has 0 aliphatic heterocycles. The lowest BCUT2D eigenvalue weighted by molar-refractivity contribution is 0.301. The number of nitrogens with zero attached hydrogens (tertiary/aromatic N) is 2. The van der Waals surface area contributed by atoms with Crippen molar-refractivity contribution in [2.75, 3.05) is 6.61 Å². The smallest absolute Gasteiger partial charge is 0.119 e. The second-order valence-electron chi connectivity index (χ2n) is 10.4. The lowest BCUT2D eigenvalue weighted by Gasteiger charge is -2.19. The number of para-hydroxylation sites is 2. The van der Waals surface area contributed by atoms with E-state index in [0.29, 0.717) is 6.61 Å². The average Bonchev–Trinajstić information content (AvgIpc) is 3.24. The number of aromatic nitrogens is 2. The number of rotatable bonds is 8. The number of ether oxygens (including phenoxy) is 1. The Hall–Kier alpha value is -3.85. The molecule has 1 heterocycles. The van der Waals surface area contributed by atoms with Crippen LogP contribution >= 0.6 is 0 Å². The second-order valence-corrected chi connectivity index (χ2v) is 10.4. The van der Waals surface area contributed by atoms with Crippen molar-refractivity contribution in [2.45, 2.75) is 45.6 Å². The molecule has 182 valence electrons. The summed E-state index contributed by atoms with van der Waals surface area (Å²) in [4.78, 5) is 4.98. The maximum absolute atomic E-state index is 6.06. The van der Waals surface area contributed by atoms with Crippen molar-refractivity contribution < 1.29 is 4.74 Å². The molecular formula is C33H34N2O. The second kappa shape index (κ2) is 10.4. The molecule has 0 saturated carbocycles. The summed E-state index contributed by atoms with van der Waals surface area (Å²) in [7, 11) is 0. The fourth-order valence-corrected chi connectivity index (χ4v) is 4.60. The Balaban J connectivity index is 1.27. The Labute approximate surface area is 214 Å². The summed E-state index contributed by atoms with van der Waals surface area (Å²) < 4.78 is 8.42. The fraction of sp³-hybridized carbons (Fsp3) is 0.242. The topological polar surface area (TPSA) is 27.1 Å². The van der Waals surface area contributed by atoms with Crippen molar-refractivity contribution in [3.05, 3.63) is 120 Å². The Morgan fingerprint density at radius 2 is 1.39 bits per heavy atom. The van der Waals surface area contributed by atoms with Gasteiger partial charge < -0.3 is 9.30 Å². The van der Waals surface area contributed by atoms with E-state index in [0.717, 1.165) is 36.5 Å². The number of benzene rings is 4. The molecular weight excluding hydrogens is 440 g/mol. The van der Waals surface area contributed by atoms with Crippen LogP contribution in [-0.2, 0) is 18.4 Å². The quantitative estimate of drug-likeness (QED) is 0.213. The summed E-state index contributed by atoms with van der Waals surface area (Å²) in [6.45, 7) is 8.24. The maximum Gasteiger partial charge on any atom is 0.119 e. The molecule has 4 aromatic carbocycles. The van der Waals surface area contributed by atoms with Crippen molar-refractivity contribution in [1.82, 2.24) is 9.55 Å². The van der Waals surface area contributed by atoms with Crippen LogP contribution in [0.1, 0.15) is 44.1 Å². The van der Waals surface area contributed by atoms with Gasteiger partial charge in [0.1, 0.15) is 11.6 Å². The molecule has 0 spiro atoms. The average molecular weight is 475 g/mol. The molecule has 0 fully saturated rings. The first-order valence-corrected chi connectivity index (χ1v) is 12.8. The van der Waals surface area contributed by atoms with Crippen LogP contribution < -0.4 is 4.74 Å². The molecule has 0 N–H and O–H groups in total. The molecule has 1 aromatic heterocycles. The first kappa shape index (κ1) is 23.9.